The van der Waals surface area contributed by atoms with Crippen LogP contribution in [0.1, 0.15) is 194 Å². The molecule has 0 saturated carbocycles. The van der Waals surface area contributed by atoms with E-state index in [9.17, 15) is 14.4 Å². The lowest BCUT2D eigenvalue weighted by molar-refractivity contribution is -0.133. The number of hydrogen-bond acceptors (Lipinski definition) is 11. The van der Waals surface area contributed by atoms with Crippen molar-refractivity contribution in [2.24, 2.45) is 0 Å². The Morgan fingerprint density at radius 1 is 0.299 bits per heavy atom. The van der Waals surface area contributed by atoms with Gasteiger partial charge in [0, 0.05) is 45.4 Å². The summed E-state index contributed by atoms with van der Waals surface area (Å²) in [5.41, 5.74) is 0. The first-order valence-electron chi connectivity index (χ1n) is 27.5. The van der Waals surface area contributed by atoms with E-state index in [1.807, 2.05) is 4.90 Å². The first kappa shape index (κ1) is 65.1. The quantitative estimate of drug-likeness (QED) is 0.0561. The van der Waals surface area contributed by atoms with Crippen LogP contribution in [0.25, 0.3) is 0 Å². The number of carbonyl (C=O) groups excluding carboxylic acids is 3. The van der Waals surface area contributed by atoms with Crippen molar-refractivity contribution in [2.45, 2.75) is 194 Å². The fraction of sp³-hybridized carbons (Fsp3) is 0.943. The van der Waals surface area contributed by atoms with E-state index < -0.39 is 0 Å². The highest BCUT2D eigenvalue weighted by Gasteiger charge is 2.13. The number of hydrogen-bond donors (Lipinski definition) is 2. The Morgan fingerprint density at radius 3 is 0.836 bits per heavy atom. The fourth-order valence-electron chi connectivity index (χ4n) is 7.34. The number of ether oxygens (including phenoxy) is 8. The van der Waals surface area contributed by atoms with Gasteiger partial charge < -0.3 is 53.4 Å². The molecule has 14 heteroatoms. The summed E-state index contributed by atoms with van der Waals surface area (Å²) in [6.07, 6.45) is 30.9. The van der Waals surface area contributed by atoms with Crippen molar-refractivity contribution in [3.8, 4) is 0 Å². The molecule has 0 fully saturated rings. The molecule has 0 rings (SSSR count). The zero-order valence-corrected chi connectivity index (χ0v) is 43.7. The van der Waals surface area contributed by atoms with Gasteiger partial charge in [0.2, 0.25) is 17.7 Å². The van der Waals surface area contributed by atoms with Gasteiger partial charge in [-0.15, -0.1) is 0 Å². The van der Waals surface area contributed by atoms with Gasteiger partial charge in [-0.05, 0) is 19.3 Å². The van der Waals surface area contributed by atoms with Gasteiger partial charge in [-0.1, -0.05) is 156 Å². The molecule has 398 valence electrons. The van der Waals surface area contributed by atoms with E-state index in [0.717, 1.165) is 38.5 Å². The van der Waals surface area contributed by atoms with E-state index in [2.05, 4.69) is 31.4 Å². The molecule has 14 nitrogen and oxygen atoms in total. The van der Waals surface area contributed by atoms with Gasteiger partial charge in [-0.2, -0.15) is 0 Å². The molecule has 0 aromatic heterocycles. The average molecular weight is 960 g/mol. The molecule has 0 heterocycles. The molecule has 0 aliphatic rings. The smallest absolute Gasteiger partial charge is 0.222 e. The SMILES string of the molecule is CCCCCCCCCCC(=O)NCCOCCOCCOCCOCCN(CCOCCOCCOCCOCCNC(=O)CCCCCCCCCC)C(=O)CCCCCCCCCC. The summed E-state index contributed by atoms with van der Waals surface area (Å²) in [5.74, 6) is 0.352. The highest BCUT2D eigenvalue weighted by atomic mass is 16.6. The molecule has 0 aliphatic carbocycles. The van der Waals surface area contributed by atoms with Crippen LogP contribution in [0.5, 0.6) is 0 Å². The molecule has 0 atom stereocenters. The van der Waals surface area contributed by atoms with Crippen LogP contribution in [-0.4, -0.2) is 155 Å². The zero-order valence-electron chi connectivity index (χ0n) is 43.7. The van der Waals surface area contributed by atoms with Crippen LogP contribution in [0.4, 0.5) is 0 Å². The lowest BCUT2D eigenvalue weighted by Crippen LogP contribution is -2.37. The number of rotatable bonds is 57. The summed E-state index contributed by atoms with van der Waals surface area (Å²) in [6.45, 7) is 16.1. The van der Waals surface area contributed by atoms with Crippen LogP contribution in [0.2, 0.25) is 0 Å². The third kappa shape index (κ3) is 53.3. The number of nitrogens with zero attached hydrogens (tertiary/aromatic N) is 1. The summed E-state index contributed by atoms with van der Waals surface area (Å²) >= 11 is 0. The Morgan fingerprint density at radius 2 is 0.537 bits per heavy atom. The van der Waals surface area contributed by atoms with Crippen molar-refractivity contribution in [3.05, 3.63) is 0 Å². The van der Waals surface area contributed by atoms with Crippen LogP contribution in [0.3, 0.4) is 0 Å². The second-order valence-corrected chi connectivity index (χ2v) is 17.7. The summed E-state index contributed by atoms with van der Waals surface area (Å²) in [4.78, 5) is 39.0. The highest BCUT2D eigenvalue weighted by Crippen LogP contribution is 2.12. The van der Waals surface area contributed by atoms with E-state index in [-0.39, 0.29) is 17.7 Å². The Labute approximate surface area is 410 Å². The van der Waals surface area contributed by atoms with Crippen molar-refractivity contribution < 1.29 is 52.3 Å². The third-order valence-corrected chi connectivity index (χ3v) is 11.5. The predicted octanol–water partition coefficient (Wildman–Crippen LogP) is 9.77. The summed E-state index contributed by atoms with van der Waals surface area (Å²) in [7, 11) is 0. The topological polar surface area (TPSA) is 152 Å². The first-order valence-corrected chi connectivity index (χ1v) is 27.5. The molecule has 0 saturated heterocycles. The van der Waals surface area contributed by atoms with E-state index in [1.54, 1.807) is 0 Å². The molecule has 0 aliphatic heterocycles. The third-order valence-electron chi connectivity index (χ3n) is 11.5. The van der Waals surface area contributed by atoms with E-state index in [1.165, 1.54) is 116 Å². The van der Waals surface area contributed by atoms with Crippen LogP contribution in [-0.2, 0) is 52.3 Å². The first-order chi connectivity index (χ1) is 33.0. The molecule has 3 amide bonds. The predicted molar refractivity (Wildman–Crippen MR) is 271 cm³/mol. The Bertz CT molecular complexity index is 967. The Kier molecular flexibility index (Phi) is 55.1. The van der Waals surface area contributed by atoms with Gasteiger partial charge in [-0.25, -0.2) is 0 Å². The molecule has 67 heavy (non-hydrogen) atoms. The second kappa shape index (κ2) is 56.7. The van der Waals surface area contributed by atoms with E-state index in [4.69, 9.17) is 37.9 Å². The van der Waals surface area contributed by atoms with Gasteiger partial charge in [0.25, 0.3) is 0 Å². The van der Waals surface area contributed by atoms with Gasteiger partial charge >= 0.3 is 0 Å². The monoisotopic (exact) mass is 960 g/mol. The van der Waals surface area contributed by atoms with Crippen molar-refractivity contribution >= 4 is 17.7 Å². The minimum Gasteiger partial charge on any atom is -0.377 e. The minimum absolute atomic E-state index is 0.104. The fourth-order valence-corrected chi connectivity index (χ4v) is 7.34. The molecule has 0 radical (unpaired) electrons. The van der Waals surface area contributed by atoms with Gasteiger partial charge in [0.1, 0.15) is 0 Å². The van der Waals surface area contributed by atoms with Gasteiger partial charge in [0.15, 0.2) is 0 Å². The van der Waals surface area contributed by atoms with Crippen LogP contribution >= 0.6 is 0 Å². The molecular weight excluding hydrogens is 855 g/mol. The maximum atomic E-state index is 13.2. The zero-order chi connectivity index (χ0) is 48.6. The maximum absolute atomic E-state index is 13.2. The van der Waals surface area contributed by atoms with Gasteiger partial charge in [0.05, 0.1) is 106 Å². The number of nitrogens with one attached hydrogen (secondary N) is 2. The molecule has 0 bridgehead atoms. The van der Waals surface area contributed by atoms with Crippen molar-refractivity contribution in [3.63, 3.8) is 0 Å². The standard InChI is InChI=1S/C53H105N3O11/c1-4-7-10-13-16-19-22-25-28-51(57)54-31-35-60-39-43-64-47-49-66-45-41-62-37-33-56(53(59)30-27-24-21-18-15-12-9-6-3)34-38-63-42-46-67-50-48-65-44-40-61-36-32-55-52(58)29-26-23-20-17-14-11-8-5-2/h4-50H2,1-3H3,(H,54,57)(H,55,58). The van der Waals surface area contributed by atoms with Crippen LogP contribution in [0, 0.1) is 0 Å². The van der Waals surface area contributed by atoms with Crippen molar-refractivity contribution in [2.75, 3.05) is 132 Å². The maximum Gasteiger partial charge on any atom is 0.222 e. The molecule has 0 aromatic carbocycles. The molecule has 0 unspecified atom stereocenters. The number of amides is 3. The lowest BCUT2D eigenvalue weighted by Gasteiger charge is -2.23. The number of unbranched alkanes of at least 4 members (excludes halogenated alkanes) is 21. The highest BCUT2D eigenvalue weighted by molar-refractivity contribution is 5.76. The second-order valence-electron chi connectivity index (χ2n) is 17.7. The normalized spacial score (nSPS) is 11.4. The van der Waals surface area contributed by atoms with E-state index >= 15 is 0 Å². The molecule has 0 spiro atoms. The van der Waals surface area contributed by atoms with E-state index in [0.29, 0.717) is 151 Å². The van der Waals surface area contributed by atoms with Crippen molar-refractivity contribution in [1.29, 1.82) is 0 Å². The molecule has 0 aromatic rings. The lowest BCUT2D eigenvalue weighted by atomic mass is 10.1. The van der Waals surface area contributed by atoms with Gasteiger partial charge in [-0.3, -0.25) is 14.4 Å². The van der Waals surface area contributed by atoms with Crippen molar-refractivity contribution in [1.82, 2.24) is 15.5 Å². The summed E-state index contributed by atoms with van der Waals surface area (Å²) in [5, 5.41) is 5.86. The van der Waals surface area contributed by atoms with Crippen LogP contribution < -0.4 is 10.6 Å². The Hall–Kier alpha value is -1.91. The molecule has 2 N–H and O–H groups in total. The average Bonchev–Trinajstić information content (AvgIpc) is 3.33. The van der Waals surface area contributed by atoms with Crippen LogP contribution in [0.15, 0.2) is 0 Å². The largest absolute Gasteiger partial charge is 0.377 e. The molecular formula is C53H105N3O11. The minimum atomic E-state index is 0.104. The summed E-state index contributed by atoms with van der Waals surface area (Å²) < 4.78 is 45.2. The number of carbonyl (C=O) groups is 3. The Balaban J connectivity index is 3.93. The summed E-state index contributed by atoms with van der Waals surface area (Å²) in [6, 6.07) is 0.